The third-order valence-electron chi connectivity index (χ3n) is 5.35. The second-order valence-electron chi connectivity index (χ2n) is 7.23. The predicted molar refractivity (Wildman–Crippen MR) is 107 cm³/mol. The van der Waals surface area contributed by atoms with Crippen LogP contribution in [0, 0.1) is 18.3 Å². The average molecular weight is 416 g/mol. The van der Waals surface area contributed by atoms with E-state index >= 15 is 0 Å². The molecule has 144 valence electrons. The minimum Gasteiger partial charge on any atom is -0.314 e. The molecule has 4 rings (SSSR count). The Kier molecular flexibility index (Phi) is 4.56. The number of urea groups is 1. The Hall–Kier alpha value is -2.56. The Balaban J connectivity index is 1.69. The number of amides is 2. The summed E-state index contributed by atoms with van der Waals surface area (Å²) >= 11 is 6.24. The first-order valence-corrected chi connectivity index (χ1v) is 11.0. The number of hydrogen-bond acceptors (Lipinski definition) is 4. The molecule has 0 unspecified atom stereocenters. The van der Waals surface area contributed by atoms with Gasteiger partial charge in [-0.25, -0.2) is 13.2 Å². The van der Waals surface area contributed by atoms with Gasteiger partial charge in [-0.3, -0.25) is 4.90 Å². The molecule has 0 aliphatic carbocycles. The standard InChI is InChI=1S/C20H18ClN3O3S/c1-13-2-7-16(8-17(13)21)24-19-12-28(26,27)11-18(19)23(20(24)25)10-15-5-3-14(9-22)4-6-15/h2-8,18-19H,10-12H2,1H3/t18-,19+/m0/s1. The molecule has 0 aromatic heterocycles. The first kappa shape index (κ1) is 18.8. The van der Waals surface area contributed by atoms with Gasteiger partial charge in [-0.2, -0.15) is 5.26 Å². The number of benzene rings is 2. The van der Waals surface area contributed by atoms with Crippen LogP contribution in [0.4, 0.5) is 10.5 Å². The molecule has 2 aliphatic rings. The van der Waals surface area contributed by atoms with Gasteiger partial charge in [0.15, 0.2) is 9.84 Å². The van der Waals surface area contributed by atoms with E-state index in [1.54, 1.807) is 46.2 Å². The first-order chi connectivity index (χ1) is 13.3. The summed E-state index contributed by atoms with van der Waals surface area (Å²) < 4.78 is 24.6. The van der Waals surface area contributed by atoms with Gasteiger partial charge in [0, 0.05) is 17.3 Å². The summed E-state index contributed by atoms with van der Waals surface area (Å²) in [5.41, 5.74) is 2.88. The maximum atomic E-state index is 13.2. The lowest BCUT2D eigenvalue weighted by Crippen LogP contribution is -2.37. The molecule has 0 saturated carbocycles. The predicted octanol–water partition coefficient (Wildman–Crippen LogP) is 3.13. The summed E-state index contributed by atoms with van der Waals surface area (Å²) in [4.78, 5) is 16.4. The second kappa shape index (κ2) is 6.80. The van der Waals surface area contributed by atoms with Crippen molar-refractivity contribution in [3.8, 4) is 6.07 Å². The summed E-state index contributed by atoms with van der Waals surface area (Å²) in [5, 5.41) is 9.47. The van der Waals surface area contributed by atoms with Gasteiger partial charge in [0.05, 0.1) is 35.2 Å². The van der Waals surface area contributed by atoms with E-state index in [9.17, 15) is 13.2 Å². The maximum Gasteiger partial charge on any atom is 0.325 e. The van der Waals surface area contributed by atoms with Crippen LogP contribution in [0.1, 0.15) is 16.7 Å². The Bertz CT molecular complexity index is 1090. The lowest BCUT2D eigenvalue weighted by Gasteiger charge is -2.23. The Morgan fingerprint density at radius 2 is 1.82 bits per heavy atom. The quantitative estimate of drug-likeness (QED) is 0.721. The molecule has 0 N–H and O–H groups in total. The van der Waals surface area contributed by atoms with Gasteiger partial charge in [-0.05, 0) is 42.3 Å². The van der Waals surface area contributed by atoms with Crippen LogP contribution in [-0.4, -0.2) is 42.9 Å². The monoisotopic (exact) mass is 415 g/mol. The fraction of sp³-hybridized carbons (Fsp3) is 0.300. The molecule has 0 radical (unpaired) electrons. The highest BCUT2D eigenvalue weighted by Gasteiger charge is 2.53. The lowest BCUT2D eigenvalue weighted by molar-refractivity contribution is 0.206. The van der Waals surface area contributed by atoms with Gasteiger partial charge in [0.1, 0.15) is 0 Å². The maximum absolute atomic E-state index is 13.2. The van der Waals surface area contributed by atoms with Crippen LogP contribution in [0.25, 0.3) is 0 Å². The molecule has 2 amide bonds. The van der Waals surface area contributed by atoms with E-state index < -0.39 is 21.9 Å². The van der Waals surface area contributed by atoms with Gasteiger partial charge in [0.2, 0.25) is 0 Å². The van der Waals surface area contributed by atoms with Crippen molar-refractivity contribution in [1.29, 1.82) is 5.26 Å². The summed E-state index contributed by atoms with van der Waals surface area (Å²) in [7, 11) is -3.24. The van der Waals surface area contributed by atoms with E-state index in [0.717, 1.165) is 11.1 Å². The number of carbonyl (C=O) groups excluding carboxylic acids is 1. The van der Waals surface area contributed by atoms with Crippen molar-refractivity contribution in [2.75, 3.05) is 16.4 Å². The zero-order chi connectivity index (χ0) is 20.1. The number of fused-ring (bicyclic) bond motifs is 1. The number of sulfone groups is 1. The number of carbonyl (C=O) groups is 1. The number of rotatable bonds is 3. The highest BCUT2D eigenvalue weighted by Crippen LogP contribution is 2.37. The van der Waals surface area contributed by atoms with Crippen molar-refractivity contribution in [2.24, 2.45) is 0 Å². The Labute approximate surface area is 168 Å². The minimum atomic E-state index is -3.24. The molecule has 6 nitrogen and oxygen atoms in total. The molecule has 2 aromatic rings. The molecule has 2 aromatic carbocycles. The van der Waals surface area contributed by atoms with E-state index in [0.29, 0.717) is 16.3 Å². The van der Waals surface area contributed by atoms with Crippen LogP contribution in [-0.2, 0) is 16.4 Å². The van der Waals surface area contributed by atoms with E-state index in [2.05, 4.69) is 6.07 Å². The van der Waals surface area contributed by atoms with Crippen molar-refractivity contribution in [3.63, 3.8) is 0 Å². The number of nitriles is 1. The summed E-state index contributed by atoms with van der Waals surface area (Å²) in [6.45, 7) is 2.16. The fourth-order valence-corrected chi connectivity index (χ4v) is 6.00. The molecular formula is C20H18ClN3O3S. The van der Waals surface area contributed by atoms with Gasteiger partial charge in [-0.1, -0.05) is 29.8 Å². The average Bonchev–Trinajstić information content (AvgIpc) is 3.09. The largest absolute Gasteiger partial charge is 0.325 e. The van der Waals surface area contributed by atoms with Gasteiger partial charge in [0.25, 0.3) is 0 Å². The molecular weight excluding hydrogens is 398 g/mol. The second-order valence-corrected chi connectivity index (χ2v) is 9.80. The molecule has 2 atom stereocenters. The molecule has 0 spiro atoms. The SMILES string of the molecule is Cc1ccc(N2C(=O)N(Cc3ccc(C#N)cc3)[C@H]3CS(=O)(=O)C[C@H]32)cc1Cl. The molecule has 8 heteroatoms. The Morgan fingerprint density at radius 1 is 1.14 bits per heavy atom. The molecule has 2 saturated heterocycles. The molecule has 0 bridgehead atoms. The van der Waals surface area contributed by atoms with Crippen LogP contribution < -0.4 is 4.90 Å². The van der Waals surface area contributed by atoms with Crippen molar-refractivity contribution in [1.82, 2.24) is 4.90 Å². The Morgan fingerprint density at radius 3 is 2.46 bits per heavy atom. The number of hydrogen-bond donors (Lipinski definition) is 0. The zero-order valence-corrected chi connectivity index (χ0v) is 16.7. The highest BCUT2D eigenvalue weighted by molar-refractivity contribution is 7.91. The third kappa shape index (κ3) is 3.23. The zero-order valence-electron chi connectivity index (χ0n) is 15.2. The van der Waals surface area contributed by atoms with Crippen molar-refractivity contribution >= 4 is 33.2 Å². The number of aryl methyl sites for hydroxylation is 1. The van der Waals surface area contributed by atoms with Gasteiger partial charge >= 0.3 is 6.03 Å². The topological polar surface area (TPSA) is 81.5 Å². The van der Waals surface area contributed by atoms with E-state index in [4.69, 9.17) is 16.9 Å². The molecule has 2 heterocycles. The normalized spacial score (nSPS) is 23.0. The molecule has 2 fully saturated rings. The summed E-state index contributed by atoms with van der Waals surface area (Å²) in [6.07, 6.45) is 0. The number of nitrogens with zero attached hydrogens (tertiary/aromatic N) is 3. The number of anilines is 1. The van der Waals surface area contributed by atoms with Gasteiger partial charge in [-0.15, -0.1) is 0 Å². The highest BCUT2D eigenvalue weighted by atomic mass is 35.5. The number of halogens is 1. The van der Waals surface area contributed by atoms with Crippen LogP contribution in [0.3, 0.4) is 0 Å². The fourth-order valence-electron chi connectivity index (χ4n) is 3.88. The molecule has 2 aliphatic heterocycles. The van der Waals surface area contributed by atoms with Crippen LogP contribution >= 0.6 is 11.6 Å². The van der Waals surface area contributed by atoms with E-state index in [1.165, 1.54) is 0 Å². The van der Waals surface area contributed by atoms with Crippen LogP contribution in [0.2, 0.25) is 5.02 Å². The minimum absolute atomic E-state index is 0.0459. The lowest BCUT2D eigenvalue weighted by atomic mass is 10.1. The summed E-state index contributed by atoms with van der Waals surface area (Å²) in [5.74, 6) is -0.103. The van der Waals surface area contributed by atoms with E-state index in [-0.39, 0.29) is 24.1 Å². The summed E-state index contributed by atoms with van der Waals surface area (Å²) in [6, 6.07) is 13.3. The third-order valence-corrected chi connectivity index (χ3v) is 7.45. The van der Waals surface area contributed by atoms with Crippen LogP contribution in [0.15, 0.2) is 42.5 Å². The first-order valence-electron chi connectivity index (χ1n) is 8.84. The smallest absolute Gasteiger partial charge is 0.314 e. The van der Waals surface area contributed by atoms with Crippen LogP contribution in [0.5, 0.6) is 0 Å². The van der Waals surface area contributed by atoms with E-state index in [1.807, 2.05) is 13.0 Å². The van der Waals surface area contributed by atoms with Crippen molar-refractivity contribution in [2.45, 2.75) is 25.6 Å². The molecule has 28 heavy (non-hydrogen) atoms. The van der Waals surface area contributed by atoms with Gasteiger partial charge < -0.3 is 4.90 Å². The van der Waals surface area contributed by atoms with Crippen molar-refractivity contribution in [3.05, 3.63) is 64.2 Å². The van der Waals surface area contributed by atoms with Crippen molar-refractivity contribution < 1.29 is 13.2 Å².